The van der Waals surface area contributed by atoms with E-state index in [2.05, 4.69) is 9.64 Å². The second-order valence-corrected chi connectivity index (χ2v) is 7.80. The lowest BCUT2D eigenvalue weighted by molar-refractivity contribution is -0.275. The van der Waals surface area contributed by atoms with Gasteiger partial charge in [-0.15, -0.1) is 13.2 Å². The third-order valence-corrected chi connectivity index (χ3v) is 5.28. The molecule has 174 valence electrons. The number of ether oxygens (including phenoxy) is 3. The molecule has 1 saturated heterocycles. The Bertz CT molecular complexity index is 910. The maximum atomic E-state index is 13.3. The number of rotatable bonds is 9. The Morgan fingerprint density at radius 1 is 1.12 bits per heavy atom. The average molecular weight is 451 g/mol. The minimum absolute atomic E-state index is 0.0476. The van der Waals surface area contributed by atoms with Crippen molar-refractivity contribution in [3.8, 4) is 17.2 Å². The summed E-state index contributed by atoms with van der Waals surface area (Å²) in [6.45, 7) is 5.65. The van der Waals surface area contributed by atoms with Gasteiger partial charge in [-0.2, -0.15) is 0 Å². The number of likely N-dealkylation sites (tertiary alicyclic amines) is 1. The number of nitrogens with zero attached hydrogens (tertiary/aromatic N) is 1. The van der Waals surface area contributed by atoms with Crippen molar-refractivity contribution in [3.05, 3.63) is 53.1 Å². The quantitative estimate of drug-likeness (QED) is 0.270. The van der Waals surface area contributed by atoms with Gasteiger partial charge in [0.1, 0.15) is 22.8 Å². The van der Waals surface area contributed by atoms with Crippen LogP contribution in [-0.2, 0) is 6.54 Å². The normalized spacial score (nSPS) is 14.4. The van der Waals surface area contributed by atoms with E-state index in [1.165, 1.54) is 13.0 Å². The van der Waals surface area contributed by atoms with Crippen LogP contribution in [0.1, 0.15) is 54.1 Å². The van der Waals surface area contributed by atoms with Gasteiger partial charge >= 0.3 is 12.3 Å². The van der Waals surface area contributed by atoms with Crippen LogP contribution in [0.25, 0.3) is 0 Å². The molecule has 8 heteroatoms. The van der Waals surface area contributed by atoms with E-state index in [1.807, 2.05) is 6.92 Å². The lowest BCUT2D eigenvalue weighted by Gasteiger charge is -2.23. The molecule has 1 fully saturated rings. The smallest absolute Gasteiger partial charge is 0.493 e. The molecule has 0 spiro atoms. The third-order valence-electron chi connectivity index (χ3n) is 5.28. The first kappa shape index (κ1) is 23.9. The fourth-order valence-corrected chi connectivity index (χ4v) is 3.73. The van der Waals surface area contributed by atoms with Gasteiger partial charge in [0.25, 0.3) is 0 Å². The summed E-state index contributed by atoms with van der Waals surface area (Å²) in [6.07, 6.45) is -1.28. The molecule has 32 heavy (non-hydrogen) atoms. The molecular weight excluding hydrogens is 423 g/mol. The first-order valence-electron chi connectivity index (χ1n) is 10.8. The Labute approximate surface area is 186 Å². The number of hydrogen-bond acceptors (Lipinski definition) is 5. The van der Waals surface area contributed by atoms with Gasteiger partial charge in [0.15, 0.2) is 0 Å². The fourth-order valence-electron chi connectivity index (χ4n) is 3.73. The second kappa shape index (κ2) is 10.7. The standard InChI is InChI=1S/C24H28F3NO4/c1-3-4-14-30-20-15-18(16-28-12-8-9-13-28)22(32-24(25,26)27)17(2)21(20)23(29)31-19-10-6-5-7-11-19/h5-7,10-11,15H,3-4,8-9,12-14,16H2,1-2H3. The summed E-state index contributed by atoms with van der Waals surface area (Å²) in [7, 11) is 0. The van der Waals surface area contributed by atoms with Gasteiger partial charge in [0, 0.05) is 17.7 Å². The molecule has 0 radical (unpaired) electrons. The van der Waals surface area contributed by atoms with Crippen LogP contribution in [0.2, 0.25) is 0 Å². The monoisotopic (exact) mass is 451 g/mol. The number of hydrogen-bond donors (Lipinski definition) is 0. The van der Waals surface area contributed by atoms with Crippen LogP contribution in [0.3, 0.4) is 0 Å². The number of carbonyl (C=O) groups excluding carboxylic acids is 1. The Morgan fingerprint density at radius 2 is 1.81 bits per heavy atom. The predicted molar refractivity (Wildman–Crippen MR) is 114 cm³/mol. The van der Waals surface area contributed by atoms with Crippen LogP contribution in [0.15, 0.2) is 36.4 Å². The van der Waals surface area contributed by atoms with Crippen molar-refractivity contribution in [2.75, 3.05) is 19.7 Å². The Hall–Kier alpha value is -2.74. The number of benzene rings is 2. The van der Waals surface area contributed by atoms with E-state index >= 15 is 0 Å². The zero-order chi connectivity index (χ0) is 23.1. The first-order valence-corrected chi connectivity index (χ1v) is 10.8. The van der Waals surface area contributed by atoms with E-state index in [4.69, 9.17) is 9.47 Å². The van der Waals surface area contributed by atoms with Crippen LogP contribution < -0.4 is 14.2 Å². The summed E-state index contributed by atoms with van der Waals surface area (Å²) >= 11 is 0. The lowest BCUT2D eigenvalue weighted by atomic mass is 10.0. The predicted octanol–water partition coefficient (Wildman–Crippen LogP) is 5.89. The van der Waals surface area contributed by atoms with E-state index in [9.17, 15) is 18.0 Å². The van der Waals surface area contributed by atoms with E-state index in [0.29, 0.717) is 12.2 Å². The summed E-state index contributed by atoms with van der Waals surface area (Å²) < 4.78 is 55.5. The summed E-state index contributed by atoms with van der Waals surface area (Å²) in [4.78, 5) is 15.1. The SMILES string of the molecule is CCCCOc1cc(CN2CCCC2)c(OC(F)(F)F)c(C)c1C(=O)Oc1ccccc1. The average Bonchev–Trinajstić information content (AvgIpc) is 3.24. The molecule has 0 bridgehead atoms. The van der Waals surface area contributed by atoms with Crippen molar-refractivity contribution in [1.29, 1.82) is 0 Å². The number of esters is 1. The maximum absolute atomic E-state index is 13.3. The number of unbranched alkanes of at least 4 members (excludes halogenated alkanes) is 1. The Kier molecular flexibility index (Phi) is 8.01. The van der Waals surface area contributed by atoms with Gasteiger partial charge in [-0.05, 0) is 57.5 Å². The molecular formula is C24H28F3NO4. The molecule has 2 aromatic rings. The van der Waals surface area contributed by atoms with Gasteiger partial charge in [-0.3, -0.25) is 4.90 Å². The molecule has 3 rings (SSSR count). The first-order chi connectivity index (χ1) is 15.3. The highest BCUT2D eigenvalue weighted by molar-refractivity contribution is 5.96. The van der Waals surface area contributed by atoms with Crippen molar-refractivity contribution in [3.63, 3.8) is 0 Å². The summed E-state index contributed by atoms with van der Waals surface area (Å²) in [6, 6.07) is 9.85. The Balaban J connectivity index is 2.04. The summed E-state index contributed by atoms with van der Waals surface area (Å²) in [5, 5.41) is 0. The maximum Gasteiger partial charge on any atom is 0.573 e. The molecule has 0 unspecified atom stereocenters. The Morgan fingerprint density at radius 3 is 2.44 bits per heavy atom. The molecule has 1 aliphatic heterocycles. The molecule has 0 amide bonds. The van der Waals surface area contributed by atoms with Crippen LogP contribution in [0, 0.1) is 6.92 Å². The molecule has 1 heterocycles. The highest BCUT2D eigenvalue weighted by atomic mass is 19.4. The van der Waals surface area contributed by atoms with Gasteiger partial charge in [0.05, 0.1) is 6.61 Å². The van der Waals surface area contributed by atoms with Gasteiger partial charge in [-0.25, -0.2) is 4.79 Å². The van der Waals surface area contributed by atoms with Crippen LogP contribution in [0.4, 0.5) is 13.2 Å². The number of carbonyl (C=O) groups is 1. The largest absolute Gasteiger partial charge is 0.573 e. The van der Waals surface area contributed by atoms with Crippen molar-refractivity contribution in [2.24, 2.45) is 0 Å². The van der Waals surface area contributed by atoms with E-state index in [0.717, 1.165) is 38.8 Å². The molecule has 0 saturated carbocycles. The van der Waals surface area contributed by atoms with E-state index in [-0.39, 0.29) is 34.9 Å². The minimum Gasteiger partial charge on any atom is -0.493 e. The van der Waals surface area contributed by atoms with Crippen LogP contribution >= 0.6 is 0 Å². The van der Waals surface area contributed by atoms with Crippen molar-refractivity contribution in [2.45, 2.75) is 52.4 Å². The highest BCUT2D eigenvalue weighted by Gasteiger charge is 2.35. The van der Waals surface area contributed by atoms with E-state index < -0.39 is 12.3 Å². The van der Waals surface area contributed by atoms with Gasteiger partial charge < -0.3 is 14.2 Å². The van der Waals surface area contributed by atoms with E-state index in [1.54, 1.807) is 30.3 Å². The van der Waals surface area contributed by atoms with Crippen LogP contribution in [-0.4, -0.2) is 36.9 Å². The van der Waals surface area contributed by atoms with Crippen molar-refractivity contribution >= 4 is 5.97 Å². The summed E-state index contributed by atoms with van der Waals surface area (Å²) in [5.41, 5.74) is 0.324. The number of para-hydroxylation sites is 1. The van der Waals surface area contributed by atoms with Gasteiger partial charge in [-0.1, -0.05) is 31.5 Å². The molecule has 2 aromatic carbocycles. The van der Waals surface area contributed by atoms with Crippen LogP contribution in [0.5, 0.6) is 17.2 Å². The molecule has 0 atom stereocenters. The second-order valence-electron chi connectivity index (χ2n) is 7.80. The molecule has 1 aliphatic rings. The van der Waals surface area contributed by atoms with Crippen molar-refractivity contribution < 1.29 is 32.2 Å². The molecule has 0 aliphatic carbocycles. The highest BCUT2D eigenvalue weighted by Crippen LogP contribution is 2.39. The molecule has 0 N–H and O–H groups in total. The third kappa shape index (κ3) is 6.38. The lowest BCUT2D eigenvalue weighted by Crippen LogP contribution is -2.24. The summed E-state index contributed by atoms with van der Waals surface area (Å²) in [5.74, 6) is -0.663. The fraction of sp³-hybridized carbons (Fsp3) is 0.458. The van der Waals surface area contributed by atoms with Crippen molar-refractivity contribution in [1.82, 2.24) is 4.90 Å². The zero-order valence-electron chi connectivity index (χ0n) is 18.3. The number of halogens is 3. The molecule has 5 nitrogen and oxygen atoms in total. The topological polar surface area (TPSA) is 48.0 Å². The van der Waals surface area contributed by atoms with Gasteiger partial charge in [0.2, 0.25) is 0 Å². The molecule has 0 aromatic heterocycles. The minimum atomic E-state index is -4.89. The zero-order valence-corrected chi connectivity index (χ0v) is 18.3. The number of alkyl halides is 3.